The lowest BCUT2D eigenvalue weighted by Crippen LogP contribution is -2.38. The number of hydrogen-bond donors (Lipinski definition) is 2. The molecule has 1 aromatic carbocycles. The maximum atomic E-state index is 13.2. The van der Waals surface area contributed by atoms with Crippen molar-refractivity contribution in [2.24, 2.45) is 10.9 Å². The highest BCUT2D eigenvalue weighted by Crippen LogP contribution is 2.07. The SMILES string of the molecule is CCNC(=NCC(C)Cn1nc(C)cc1C)NCCc1cccc(F)c1.I. The van der Waals surface area contributed by atoms with Crippen molar-refractivity contribution in [3.8, 4) is 0 Å². The van der Waals surface area contributed by atoms with E-state index in [4.69, 9.17) is 0 Å². The Morgan fingerprint density at radius 3 is 2.67 bits per heavy atom. The Balaban J connectivity index is 0.00000364. The fourth-order valence-corrected chi connectivity index (χ4v) is 2.82. The van der Waals surface area contributed by atoms with Gasteiger partial charge < -0.3 is 10.6 Å². The van der Waals surface area contributed by atoms with Gasteiger partial charge in [0, 0.05) is 31.9 Å². The van der Waals surface area contributed by atoms with Crippen LogP contribution in [0.3, 0.4) is 0 Å². The Morgan fingerprint density at radius 2 is 2.04 bits per heavy atom. The molecule has 2 N–H and O–H groups in total. The monoisotopic (exact) mass is 487 g/mol. The second kappa shape index (κ2) is 11.9. The van der Waals surface area contributed by atoms with Crippen LogP contribution in [-0.4, -0.2) is 35.4 Å². The summed E-state index contributed by atoms with van der Waals surface area (Å²) in [6.45, 7) is 11.4. The van der Waals surface area contributed by atoms with Crippen molar-refractivity contribution in [3.63, 3.8) is 0 Å². The Labute approximate surface area is 178 Å². The third kappa shape index (κ3) is 8.28. The maximum Gasteiger partial charge on any atom is 0.191 e. The van der Waals surface area contributed by atoms with Gasteiger partial charge in [-0.3, -0.25) is 9.67 Å². The van der Waals surface area contributed by atoms with Crippen LogP contribution in [-0.2, 0) is 13.0 Å². The molecule has 0 saturated heterocycles. The number of aromatic nitrogens is 2. The van der Waals surface area contributed by atoms with Gasteiger partial charge in [0.05, 0.1) is 5.69 Å². The third-order valence-corrected chi connectivity index (χ3v) is 4.09. The minimum Gasteiger partial charge on any atom is -0.357 e. The number of halogens is 2. The molecule has 1 unspecified atom stereocenters. The zero-order valence-electron chi connectivity index (χ0n) is 16.6. The van der Waals surface area contributed by atoms with Gasteiger partial charge in [-0.05, 0) is 56.9 Å². The van der Waals surface area contributed by atoms with Gasteiger partial charge in [0.15, 0.2) is 5.96 Å². The molecule has 0 amide bonds. The fraction of sp³-hybridized carbons (Fsp3) is 0.500. The van der Waals surface area contributed by atoms with Gasteiger partial charge in [-0.15, -0.1) is 24.0 Å². The summed E-state index contributed by atoms with van der Waals surface area (Å²) in [5.41, 5.74) is 3.20. The van der Waals surface area contributed by atoms with E-state index in [2.05, 4.69) is 40.6 Å². The van der Waals surface area contributed by atoms with Crippen LogP contribution < -0.4 is 10.6 Å². The second-order valence-electron chi connectivity index (χ2n) is 6.74. The third-order valence-electron chi connectivity index (χ3n) is 4.09. The van der Waals surface area contributed by atoms with Crippen molar-refractivity contribution < 1.29 is 4.39 Å². The molecular formula is C20H31FIN5. The molecule has 0 aliphatic carbocycles. The Kier molecular flexibility index (Phi) is 10.4. The van der Waals surface area contributed by atoms with Gasteiger partial charge in [0.25, 0.3) is 0 Å². The number of guanidine groups is 1. The number of hydrogen-bond acceptors (Lipinski definition) is 2. The molecule has 0 fully saturated rings. The number of benzene rings is 1. The minimum absolute atomic E-state index is 0. The zero-order valence-corrected chi connectivity index (χ0v) is 19.0. The zero-order chi connectivity index (χ0) is 18.9. The summed E-state index contributed by atoms with van der Waals surface area (Å²) < 4.78 is 15.3. The number of nitrogens with one attached hydrogen (secondary N) is 2. The first-order chi connectivity index (χ1) is 12.5. The molecule has 2 rings (SSSR count). The summed E-state index contributed by atoms with van der Waals surface area (Å²) in [5, 5.41) is 11.1. The van der Waals surface area contributed by atoms with E-state index in [1.54, 1.807) is 12.1 Å². The molecule has 2 aromatic rings. The van der Waals surface area contributed by atoms with Crippen LogP contribution >= 0.6 is 24.0 Å². The van der Waals surface area contributed by atoms with Crippen molar-refractivity contribution >= 4 is 29.9 Å². The van der Waals surface area contributed by atoms with Crippen molar-refractivity contribution in [1.29, 1.82) is 0 Å². The van der Waals surface area contributed by atoms with Gasteiger partial charge in [-0.1, -0.05) is 19.1 Å². The van der Waals surface area contributed by atoms with Gasteiger partial charge in [-0.25, -0.2) is 4.39 Å². The molecule has 0 aliphatic heterocycles. The Bertz CT molecular complexity index is 729. The molecule has 5 nitrogen and oxygen atoms in total. The normalized spacial score (nSPS) is 12.4. The summed E-state index contributed by atoms with van der Waals surface area (Å²) in [5.74, 6) is 0.983. The summed E-state index contributed by atoms with van der Waals surface area (Å²) >= 11 is 0. The highest BCUT2D eigenvalue weighted by atomic mass is 127. The topological polar surface area (TPSA) is 54.2 Å². The molecule has 0 spiro atoms. The molecule has 150 valence electrons. The largest absolute Gasteiger partial charge is 0.357 e. The van der Waals surface area contributed by atoms with E-state index >= 15 is 0 Å². The van der Waals surface area contributed by atoms with E-state index in [-0.39, 0.29) is 29.8 Å². The molecule has 0 aliphatic rings. The molecule has 0 bridgehead atoms. The average molecular weight is 487 g/mol. The minimum atomic E-state index is -0.193. The van der Waals surface area contributed by atoms with Crippen LogP contribution in [0.1, 0.15) is 30.8 Å². The molecular weight excluding hydrogens is 456 g/mol. The van der Waals surface area contributed by atoms with E-state index < -0.39 is 0 Å². The van der Waals surface area contributed by atoms with Crippen molar-refractivity contribution in [1.82, 2.24) is 20.4 Å². The molecule has 7 heteroatoms. The van der Waals surface area contributed by atoms with E-state index in [9.17, 15) is 4.39 Å². The van der Waals surface area contributed by atoms with E-state index in [1.165, 1.54) is 11.8 Å². The average Bonchev–Trinajstić information content (AvgIpc) is 2.90. The predicted octanol–water partition coefficient (Wildman–Crippen LogP) is 3.69. The first-order valence-corrected chi connectivity index (χ1v) is 9.25. The molecule has 27 heavy (non-hydrogen) atoms. The Hall–Kier alpha value is -1.64. The first-order valence-electron chi connectivity index (χ1n) is 9.25. The molecule has 1 heterocycles. The van der Waals surface area contributed by atoms with Crippen LogP contribution in [0, 0.1) is 25.6 Å². The van der Waals surface area contributed by atoms with E-state index in [0.29, 0.717) is 19.0 Å². The molecule has 1 atom stereocenters. The summed E-state index contributed by atoms with van der Waals surface area (Å²) in [4.78, 5) is 4.67. The standard InChI is InChI=1S/C20H30FN5.HI/c1-5-22-20(23-10-9-18-7-6-8-19(21)12-18)24-13-15(2)14-26-17(4)11-16(3)25-26;/h6-8,11-12,15H,5,9-10,13-14H2,1-4H3,(H2,22,23,24);1H. The Morgan fingerprint density at radius 1 is 1.26 bits per heavy atom. The molecule has 0 saturated carbocycles. The van der Waals surface area contributed by atoms with Crippen LogP contribution in [0.25, 0.3) is 0 Å². The van der Waals surface area contributed by atoms with Gasteiger partial charge in [0.1, 0.15) is 5.82 Å². The van der Waals surface area contributed by atoms with E-state index in [0.717, 1.165) is 36.7 Å². The van der Waals surface area contributed by atoms with Crippen LogP contribution in [0.4, 0.5) is 4.39 Å². The number of nitrogens with zero attached hydrogens (tertiary/aromatic N) is 3. The molecule has 1 aromatic heterocycles. The van der Waals surface area contributed by atoms with Gasteiger partial charge in [-0.2, -0.15) is 5.10 Å². The number of aliphatic imine (C=N–C) groups is 1. The van der Waals surface area contributed by atoms with Crippen molar-refractivity contribution in [2.45, 2.75) is 40.7 Å². The maximum absolute atomic E-state index is 13.2. The van der Waals surface area contributed by atoms with Crippen LogP contribution in [0.15, 0.2) is 35.3 Å². The second-order valence-corrected chi connectivity index (χ2v) is 6.74. The lowest BCUT2D eigenvalue weighted by atomic mass is 10.1. The predicted molar refractivity (Wildman–Crippen MR) is 120 cm³/mol. The highest BCUT2D eigenvalue weighted by Gasteiger charge is 2.07. The van der Waals surface area contributed by atoms with E-state index in [1.807, 2.05) is 24.6 Å². The van der Waals surface area contributed by atoms with Gasteiger partial charge >= 0.3 is 0 Å². The summed E-state index contributed by atoms with van der Waals surface area (Å²) in [6, 6.07) is 8.80. The van der Waals surface area contributed by atoms with Crippen molar-refractivity contribution in [3.05, 3.63) is 53.1 Å². The highest BCUT2D eigenvalue weighted by molar-refractivity contribution is 14.0. The van der Waals surface area contributed by atoms with Crippen LogP contribution in [0.5, 0.6) is 0 Å². The quantitative estimate of drug-likeness (QED) is 0.339. The smallest absolute Gasteiger partial charge is 0.191 e. The van der Waals surface area contributed by atoms with Gasteiger partial charge in [0.2, 0.25) is 0 Å². The van der Waals surface area contributed by atoms with Crippen molar-refractivity contribution in [2.75, 3.05) is 19.6 Å². The lowest BCUT2D eigenvalue weighted by molar-refractivity contribution is 0.449. The summed E-state index contributed by atoms with van der Waals surface area (Å²) in [7, 11) is 0. The number of rotatable bonds is 8. The number of aryl methyl sites for hydroxylation is 2. The molecule has 0 radical (unpaired) electrons. The van der Waals surface area contributed by atoms with Crippen LogP contribution in [0.2, 0.25) is 0 Å². The lowest BCUT2D eigenvalue weighted by Gasteiger charge is -2.14. The summed E-state index contributed by atoms with van der Waals surface area (Å²) in [6.07, 6.45) is 0.753. The fourth-order valence-electron chi connectivity index (χ4n) is 2.82. The first kappa shape index (κ1) is 23.4.